The van der Waals surface area contributed by atoms with E-state index in [1.54, 1.807) is 45.9 Å². The molecule has 0 aliphatic heterocycles. The fourth-order valence-corrected chi connectivity index (χ4v) is 3.04. The Morgan fingerprint density at radius 3 is 2.38 bits per heavy atom. The number of hydrogen-bond acceptors (Lipinski definition) is 5. The van der Waals surface area contributed by atoms with Crippen molar-refractivity contribution >= 4 is 34.4 Å². The number of carbonyl (C=O) groups is 3. The van der Waals surface area contributed by atoms with Crippen LogP contribution >= 0.6 is 0 Å². The number of rotatable bonds is 6. The van der Waals surface area contributed by atoms with E-state index in [0.717, 1.165) is 10.3 Å². The van der Waals surface area contributed by atoms with Gasteiger partial charge in [-0.1, -0.05) is 37.3 Å². The van der Waals surface area contributed by atoms with Crippen molar-refractivity contribution < 1.29 is 24.3 Å². The van der Waals surface area contributed by atoms with Gasteiger partial charge in [0.05, 0.1) is 16.5 Å². The second-order valence-electron chi connectivity index (χ2n) is 8.42. The van der Waals surface area contributed by atoms with E-state index >= 15 is 0 Å². The zero-order valence-corrected chi connectivity index (χ0v) is 18.6. The summed E-state index contributed by atoms with van der Waals surface area (Å²) in [6.07, 6.45) is 0.168. The zero-order valence-electron chi connectivity index (χ0n) is 18.6. The van der Waals surface area contributed by atoms with Crippen LogP contribution in [0.4, 0.5) is 10.5 Å². The molecule has 168 valence electrons. The van der Waals surface area contributed by atoms with Crippen LogP contribution in [-0.4, -0.2) is 27.6 Å². The smallest absolute Gasteiger partial charge is 0.338 e. The average molecular weight is 437 g/mol. The van der Waals surface area contributed by atoms with E-state index in [1.807, 2.05) is 30.3 Å². The standard InChI is InChI=1S/C24H27N3O5/c1-5-19(28)20-17-12-11-16(26-23(31)25-14-15-9-7-6-8-10-15)13-18(17)27(21(20)29)32-22(30)24(2,3)4/h6-13,29H,5,14H2,1-4H3,(H2,25,26,31). The fourth-order valence-electron chi connectivity index (χ4n) is 3.04. The molecule has 3 rings (SSSR count). The number of nitrogens with zero attached hydrogens (tertiary/aromatic N) is 1. The number of urea groups is 1. The van der Waals surface area contributed by atoms with E-state index in [1.165, 1.54) is 0 Å². The molecule has 1 aromatic heterocycles. The molecule has 2 aromatic carbocycles. The minimum atomic E-state index is -0.828. The van der Waals surface area contributed by atoms with Crippen molar-refractivity contribution in [1.29, 1.82) is 0 Å². The van der Waals surface area contributed by atoms with Gasteiger partial charge in [0, 0.05) is 24.0 Å². The second kappa shape index (κ2) is 9.13. The molecule has 1 heterocycles. The molecular formula is C24H27N3O5. The Hall–Kier alpha value is -3.81. The molecule has 3 N–H and O–H groups in total. The van der Waals surface area contributed by atoms with Gasteiger partial charge in [-0.2, -0.15) is 0 Å². The molecule has 3 aromatic rings. The first-order valence-corrected chi connectivity index (χ1v) is 10.3. The topological polar surface area (TPSA) is 110 Å². The van der Waals surface area contributed by atoms with E-state index in [-0.39, 0.29) is 23.3 Å². The quantitative estimate of drug-likeness (QED) is 0.499. The molecule has 0 spiro atoms. The molecule has 0 unspecified atom stereocenters. The molecule has 32 heavy (non-hydrogen) atoms. The maximum absolute atomic E-state index is 12.4. The van der Waals surface area contributed by atoms with Crippen LogP contribution in [0.15, 0.2) is 48.5 Å². The molecule has 0 saturated heterocycles. The van der Waals surface area contributed by atoms with Gasteiger partial charge in [-0.15, -0.1) is 4.73 Å². The summed E-state index contributed by atoms with van der Waals surface area (Å²) in [4.78, 5) is 42.6. The van der Waals surface area contributed by atoms with E-state index < -0.39 is 23.3 Å². The minimum absolute atomic E-state index is 0.0734. The maximum Gasteiger partial charge on any atom is 0.338 e. The molecular weight excluding hydrogens is 410 g/mol. The van der Waals surface area contributed by atoms with E-state index in [0.29, 0.717) is 17.6 Å². The number of aromatic nitrogens is 1. The highest BCUT2D eigenvalue weighted by molar-refractivity contribution is 6.11. The van der Waals surface area contributed by atoms with Crippen molar-refractivity contribution in [2.24, 2.45) is 5.41 Å². The van der Waals surface area contributed by atoms with Gasteiger partial charge in [-0.05, 0) is 44.5 Å². The van der Waals surface area contributed by atoms with Crippen molar-refractivity contribution in [2.45, 2.75) is 40.7 Å². The van der Waals surface area contributed by atoms with Crippen molar-refractivity contribution in [3.05, 3.63) is 59.7 Å². The molecule has 0 aliphatic rings. The highest BCUT2D eigenvalue weighted by atomic mass is 16.7. The van der Waals surface area contributed by atoms with Crippen LogP contribution in [0, 0.1) is 5.41 Å². The number of benzene rings is 2. The number of nitrogens with one attached hydrogen (secondary N) is 2. The third-order valence-corrected chi connectivity index (χ3v) is 4.84. The molecule has 0 bridgehead atoms. The summed E-state index contributed by atoms with van der Waals surface area (Å²) >= 11 is 0. The van der Waals surface area contributed by atoms with Crippen molar-refractivity contribution in [2.75, 3.05) is 5.32 Å². The van der Waals surface area contributed by atoms with Crippen LogP contribution in [0.5, 0.6) is 5.88 Å². The lowest BCUT2D eigenvalue weighted by Crippen LogP contribution is -2.31. The Labute approximate surface area is 186 Å². The molecule has 0 radical (unpaired) electrons. The number of aromatic hydroxyl groups is 1. The third kappa shape index (κ3) is 4.91. The minimum Gasteiger partial charge on any atom is -0.492 e. The third-order valence-electron chi connectivity index (χ3n) is 4.84. The lowest BCUT2D eigenvalue weighted by atomic mass is 9.98. The SMILES string of the molecule is CCC(=O)c1c(O)n(OC(=O)C(C)(C)C)c2cc(NC(=O)NCc3ccccc3)ccc12. The number of ketones is 1. The Balaban J connectivity index is 1.91. The van der Waals surface area contributed by atoms with E-state index in [9.17, 15) is 19.5 Å². The first kappa shape index (κ1) is 22.9. The highest BCUT2D eigenvalue weighted by Gasteiger charge is 2.29. The van der Waals surface area contributed by atoms with Gasteiger partial charge in [0.25, 0.3) is 0 Å². The number of Topliss-reactive ketones (excluding diaryl/α,β-unsaturated/α-hetero) is 1. The fraction of sp³-hybridized carbons (Fsp3) is 0.292. The van der Waals surface area contributed by atoms with Gasteiger partial charge in [0.1, 0.15) is 0 Å². The van der Waals surface area contributed by atoms with Gasteiger partial charge in [0.15, 0.2) is 5.78 Å². The van der Waals surface area contributed by atoms with Crippen molar-refractivity contribution in [3.8, 4) is 5.88 Å². The van der Waals surface area contributed by atoms with E-state index in [2.05, 4.69) is 10.6 Å². The largest absolute Gasteiger partial charge is 0.492 e. The normalized spacial score (nSPS) is 11.2. The first-order valence-electron chi connectivity index (χ1n) is 10.3. The van der Waals surface area contributed by atoms with Crippen LogP contribution in [0.2, 0.25) is 0 Å². The predicted molar refractivity (Wildman–Crippen MR) is 122 cm³/mol. The molecule has 8 heteroatoms. The van der Waals surface area contributed by atoms with Crippen LogP contribution in [0.25, 0.3) is 10.9 Å². The van der Waals surface area contributed by atoms with E-state index in [4.69, 9.17) is 4.84 Å². The predicted octanol–water partition coefficient (Wildman–Crippen LogP) is 4.26. The number of fused-ring (bicyclic) bond motifs is 1. The summed E-state index contributed by atoms with van der Waals surface area (Å²) in [6, 6.07) is 13.8. The lowest BCUT2D eigenvalue weighted by Gasteiger charge is -2.17. The Morgan fingerprint density at radius 1 is 1.06 bits per heavy atom. The molecule has 0 fully saturated rings. The summed E-state index contributed by atoms with van der Waals surface area (Å²) in [5, 5.41) is 16.6. The molecule has 8 nitrogen and oxygen atoms in total. The highest BCUT2D eigenvalue weighted by Crippen LogP contribution is 2.34. The lowest BCUT2D eigenvalue weighted by molar-refractivity contribution is -0.153. The Bertz CT molecular complexity index is 1160. The monoisotopic (exact) mass is 437 g/mol. The summed E-state index contributed by atoms with van der Waals surface area (Å²) in [7, 11) is 0. The van der Waals surface area contributed by atoms with Gasteiger partial charge in [-0.3, -0.25) is 4.79 Å². The number of carbonyl (C=O) groups excluding carboxylic acids is 3. The summed E-state index contributed by atoms with van der Waals surface area (Å²) in [5.74, 6) is -1.33. The van der Waals surface area contributed by atoms with Crippen LogP contribution in [0.3, 0.4) is 0 Å². The number of hydrogen-bond donors (Lipinski definition) is 3. The second-order valence-corrected chi connectivity index (χ2v) is 8.42. The average Bonchev–Trinajstić information content (AvgIpc) is 3.02. The maximum atomic E-state index is 12.4. The van der Waals surface area contributed by atoms with Gasteiger partial charge in [0.2, 0.25) is 5.88 Å². The van der Waals surface area contributed by atoms with Crippen molar-refractivity contribution in [1.82, 2.24) is 10.0 Å². The number of anilines is 1. The molecule has 0 saturated carbocycles. The van der Waals surface area contributed by atoms with Crippen LogP contribution < -0.4 is 15.5 Å². The van der Waals surface area contributed by atoms with Gasteiger partial charge < -0.3 is 20.6 Å². The Morgan fingerprint density at radius 2 is 1.75 bits per heavy atom. The molecule has 0 aliphatic carbocycles. The van der Waals surface area contributed by atoms with Gasteiger partial charge >= 0.3 is 12.0 Å². The summed E-state index contributed by atoms with van der Waals surface area (Å²) < 4.78 is 0.943. The summed E-state index contributed by atoms with van der Waals surface area (Å²) in [5.41, 5.74) is 0.894. The summed E-state index contributed by atoms with van der Waals surface area (Å²) in [6.45, 7) is 7.07. The first-order chi connectivity index (χ1) is 15.1. The van der Waals surface area contributed by atoms with Crippen molar-refractivity contribution in [3.63, 3.8) is 0 Å². The zero-order chi connectivity index (χ0) is 23.5. The van der Waals surface area contributed by atoms with Crippen LogP contribution in [0.1, 0.15) is 50.0 Å². The van der Waals surface area contributed by atoms with Crippen LogP contribution in [-0.2, 0) is 11.3 Å². The molecule has 2 amide bonds. The Kier molecular flexibility index (Phi) is 6.53. The number of amides is 2. The molecule has 0 atom stereocenters. The van der Waals surface area contributed by atoms with Gasteiger partial charge in [-0.25, -0.2) is 9.59 Å².